The Bertz CT molecular complexity index is 796. The normalized spacial score (nSPS) is 11.1. The minimum absolute atomic E-state index is 0.0703. The third kappa shape index (κ3) is 6.64. The topological polar surface area (TPSA) is 82.1 Å². The highest BCUT2D eigenvalue weighted by Crippen LogP contribution is 2.20. The van der Waals surface area contributed by atoms with Crippen molar-refractivity contribution in [3.05, 3.63) is 71.8 Å². The lowest BCUT2D eigenvalue weighted by Gasteiger charge is -2.09. The Morgan fingerprint density at radius 1 is 1.07 bits per heavy atom. The van der Waals surface area contributed by atoms with E-state index in [1.165, 1.54) is 0 Å². The van der Waals surface area contributed by atoms with Crippen LogP contribution in [0.1, 0.15) is 30.9 Å². The van der Waals surface area contributed by atoms with Crippen LogP contribution in [0, 0.1) is 5.41 Å². The molecule has 3 N–H and O–H groups in total. The number of aldehydes is 1. The molecular weight excluding hydrogens is 338 g/mol. The molecule has 0 fully saturated rings. The lowest BCUT2D eigenvalue weighted by molar-refractivity contribution is -0.110. The van der Waals surface area contributed by atoms with Gasteiger partial charge in [-0.1, -0.05) is 55.8 Å². The average molecular weight is 363 g/mol. The fourth-order valence-electron chi connectivity index (χ4n) is 2.64. The molecule has 0 saturated heterocycles. The molecule has 0 aromatic heterocycles. The second-order valence-electron chi connectivity index (χ2n) is 6.15. The quantitative estimate of drug-likeness (QED) is 0.341. The van der Waals surface area contributed by atoms with Gasteiger partial charge < -0.3 is 15.4 Å². The molecule has 2 aromatic rings. The van der Waals surface area contributed by atoms with Crippen LogP contribution in [0.4, 0.5) is 5.69 Å². The summed E-state index contributed by atoms with van der Waals surface area (Å²) in [5.41, 5.74) is 3.59. The van der Waals surface area contributed by atoms with Gasteiger partial charge in [-0.25, -0.2) is 0 Å². The minimum Gasteiger partial charge on any atom is -0.321 e. The van der Waals surface area contributed by atoms with Crippen molar-refractivity contribution in [2.45, 2.75) is 26.3 Å². The predicted molar refractivity (Wildman–Crippen MR) is 110 cm³/mol. The van der Waals surface area contributed by atoms with Gasteiger partial charge in [-0.15, -0.1) is 0 Å². The molecule has 5 nitrogen and oxygen atoms in total. The van der Waals surface area contributed by atoms with Gasteiger partial charge in [-0.3, -0.25) is 10.2 Å². The second kappa shape index (κ2) is 10.8. The van der Waals surface area contributed by atoms with Crippen molar-refractivity contribution < 1.29 is 9.59 Å². The summed E-state index contributed by atoms with van der Waals surface area (Å²) in [6.07, 6.45) is 4.21. The van der Waals surface area contributed by atoms with Gasteiger partial charge in [0.2, 0.25) is 0 Å². The maximum absolute atomic E-state index is 12.3. The summed E-state index contributed by atoms with van der Waals surface area (Å²) in [4.78, 5) is 22.7. The van der Waals surface area contributed by atoms with Gasteiger partial charge in [-0.05, 0) is 41.3 Å². The summed E-state index contributed by atoms with van der Waals surface area (Å²) in [6, 6.07) is 17.2. The predicted octanol–water partition coefficient (Wildman–Crippen LogP) is 3.82. The Balaban J connectivity index is 2.01. The zero-order valence-corrected chi connectivity index (χ0v) is 15.5. The highest BCUT2D eigenvalue weighted by molar-refractivity contribution is 6.46. The average Bonchev–Trinajstić information content (AvgIpc) is 2.69. The van der Waals surface area contributed by atoms with Crippen molar-refractivity contribution in [3.63, 3.8) is 0 Å². The van der Waals surface area contributed by atoms with Crippen molar-refractivity contribution >= 4 is 29.2 Å². The standard InChI is InChI=1S/C22H25N3O2/c1-2-6-19(18-7-4-3-5-8-18)15-21(23)22(27)25-20-11-9-17(10-12-20)16-24-13-14-26/h3-5,7-12,14-15,23-24H,2,6,13,16H2,1H3,(H,25,27)/b19-15+,23-21?. The van der Waals surface area contributed by atoms with Crippen LogP contribution in [0.25, 0.3) is 5.57 Å². The number of nitrogens with one attached hydrogen (secondary N) is 3. The van der Waals surface area contributed by atoms with Crippen molar-refractivity contribution in [3.8, 4) is 0 Å². The van der Waals surface area contributed by atoms with Crippen LogP contribution >= 0.6 is 0 Å². The lowest BCUT2D eigenvalue weighted by atomic mass is 10.00. The van der Waals surface area contributed by atoms with Gasteiger partial charge in [0.15, 0.2) is 0 Å². The molecule has 2 rings (SSSR count). The zero-order valence-electron chi connectivity index (χ0n) is 15.5. The molecule has 0 radical (unpaired) electrons. The molecule has 2 aromatic carbocycles. The molecule has 5 heteroatoms. The molecule has 0 atom stereocenters. The van der Waals surface area contributed by atoms with E-state index >= 15 is 0 Å². The van der Waals surface area contributed by atoms with Crippen LogP contribution in [0.15, 0.2) is 60.7 Å². The van der Waals surface area contributed by atoms with Crippen molar-refractivity contribution in [2.75, 3.05) is 11.9 Å². The first kappa shape index (κ1) is 20.3. The number of rotatable bonds is 10. The Kier molecular flexibility index (Phi) is 8.13. The van der Waals surface area contributed by atoms with Crippen LogP contribution in [-0.2, 0) is 16.1 Å². The summed E-state index contributed by atoms with van der Waals surface area (Å²) in [5.74, 6) is -0.439. The summed E-state index contributed by atoms with van der Waals surface area (Å²) >= 11 is 0. The van der Waals surface area contributed by atoms with E-state index in [1.54, 1.807) is 18.2 Å². The lowest BCUT2D eigenvalue weighted by Crippen LogP contribution is -2.20. The van der Waals surface area contributed by atoms with E-state index in [2.05, 4.69) is 17.6 Å². The van der Waals surface area contributed by atoms with E-state index in [-0.39, 0.29) is 5.71 Å². The van der Waals surface area contributed by atoms with E-state index in [4.69, 9.17) is 5.41 Å². The van der Waals surface area contributed by atoms with Gasteiger partial charge in [0.25, 0.3) is 5.91 Å². The maximum atomic E-state index is 12.3. The van der Waals surface area contributed by atoms with E-state index < -0.39 is 5.91 Å². The number of hydrogen-bond donors (Lipinski definition) is 3. The third-order valence-corrected chi connectivity index (χ3v) is 4.00. The van der Waals surface area contributed by atoms with Gasteiger partial charge in [-0.2, -0.15) is 0 Å². The van der Waals surface area contributed by atoms with Crippen LogP contribution in [0.3, 0.4) is 0 Å². The Labute approximate surface area is 160 Å². The maximum Gasteiger partial charge on any atom is 0.273 e. The van der Waals surface area contributed by atoms with Crippen LogP contribution in [0.5, 0.6) is 0 Å². The highest BCUT2D eigenvalue weighted by atomic mass is 16.1. The molecule has 0 heterocycles. The SMILES string of the molecule is CCC/C(=C\C(=N)C(=O)Nc1ccc(CNCC=O)cc1)c1ccccc1. The monoisotopic (exact) mass is 363 g/mol. The van der Waals surface area contributed by atoms with Crippen LogP contribution in [0.2, 0.25) is 0 Å². The Morgan fingerprint density at radius 2 is 1.78 bits per heavy atom. The Hall–Kier alpha value is -3.05. The number of allylic oxidation sites excluding steroid dienone is 1. The van der Waals surface area contributed by atoms with E-state index in [0.29, 0.717) is 18.8 Å². The number of amides is 1. The second-order valence-corrected chi connectivity index (χ2v) is 6.15. The molecule has 0 aliphatic heterocycles. The first-order chi connectivity index (χ1) is 13.1. The number of carbonyl (C=O) groups excluding carboxylic acids is 2. The number of benzene rings is 2. The molecule has 0 saturated carbocycles. The molecular formula is C22H25N3O2. The molecule has 27 heavy (non-hydrogen) atoms. The number of carbonyl (C=O) groups is 2. The molecule has 1 amide bonds. The first-order valence-electron chi connectivity index (χ1n) is 9.03. The molecule has 0 unspecified atom stereocenters. The molecule has 0 bridgehead atoms. The fourth-order valence-corrected chi connectivity index (χ4v) is 2.64. The van der Waals surface area contributed by atoms with Crippen molar-refractivity contribution in [2.24, 2.45) is 0 Å². The molecule has 0 aliphatic carbocycles. The first-order valence-corrected chi connectivity index (χ1v) is 9.03. The van der Waals surface area contributed by atoms with Gasteiger partial charge in [0.1, 0.15) is 12.0 Å². The Morgan fingerprint density at radius 3 is 2.41 bits per heavy atom. The summed E-state index contributed by atoms with van der Waals surface area (Å²) in [6.45, 7) is 2.97. The third-order valence-electron chi connectivity index (χ3n) is 4.00. The molecule has 0 aliphatic rings. The van der Waals surface area contributed by atoms with E-state index in [0.717, 1.165) is 35.8 Å². The molecule has 0 spiro atoms. The molecule has 140 valence electrons. The minimum atomic E-state index is -0.439. The summed E-state index contributed by atoms with van der Waals surface area (Å²) in [7, 11) is 0. The van der Waals surface area contributed by atoms with Crippen LogP contribution < -0.4 is 10.6 Å². The van der Waals surface area contributed by atoms with Crippen molar-refractivity contribution in [1.82, 2.24) is 5.32 Å². The van der Waals surface area contributed by atoms with Gasteiger partial charge in [0.05, 0.1) is 6.54 Å². The van der Waals surface area contributed by atoms with Crippen molar-refractivity contribution in [1.29, 1.82) is 5.41 Å². The van der Waals surface area contributed by atoms with Gasteiger partial charge >= 0.3 is 0 Å². The summed E-state index contributed by atoms with van der Waals surface area (Å²) in [5, 5.41) is 13.9. The zero-order chi connectivity index (χ0) is 19.5. The van der Waals surface area contributed by atoms with E-state index in [9.17, 15) is 9.59 Å². The summed E-state index contributed by atoms with van der Waals surface area (Å²) < 4.78 is 0. The smallest absolute Gasteiger partial charge is 0.273 e. The number of hydrogen-bond acceptors (Lipinski definition) is 4. The largest absolute Gasteiger partial charge is 0.321 e. The number of anilines is 1. The fraction of sp³-hybridized carbons (Fsp3) is 0.227. The van der Waals surface area contributed by atoms with E-state index in [1.807, 2.05) is 42.5 Å². The van der Waals surface area contributed by atoms with Gasteiger partial charge in [0, 0.05) is 12.2 Å². The highest BCUT2D eigenvalue weighted by Gasteiger charge is 2.10. The van der Waals surface area contributed by atoms with Crippen LogP contribution in [-0.4, -0.2) is 24.4 Å².